The molecule has 0 aromatic carbocycles. The zero-order valence-corrected chi connectivity index (χ0v) is 14.3. The van der Waals surface area contributed by atoms with Crippen LogP contribution in [0.5, 0.6) is 0 Å². The van der Waals surface area contributed by atoms with Crippen LogP contribution < -0.4 is 5.32 Å². The summed E-state index contributed by atoms with van der Waals surface area (Å²) in [7, 11) is 0. The first kappa shape index (κ1) is 15.6. The van der Waals surface area contributed by atoms with E-state index in [4.69, 9.17) is 10.00 Å². The molecular formula is C18H20N4OS. The van der Waals surface area contributed by atoms with Crippen molar-refractivity contribution in [3.8, 4) is 6.07 Å². The highest BCUT2D eigenvalue weighted by molar-refractivity contribution is 7.07. The molecule has 4 rings (SSSR count). The Bertz CT molecular complexity index is 742. The van der Waals surface area contributed by atoms with E-state index < -0.39 is 0 Å². The highest BCUT2D eigenvalue weighted by Crippen LogP contribution is 2.36. The lowest BCUT2D eigenvalue weighted by Gasteiger charge is -2.23. The minimum atomic E-state index is -0.0273. The van der Waals surface area contributed by atoms with E-state index in [-0.39, 0.29) is 11.6 Å². The van der Waals surface area contributed by atoms with Gasteiger partial charge in [-0.15, -0.1) is 0 Å². The highest BCUT2D eigenvalue weighted by atomic mass is 32.1. The summed E-state index contributed by atoms with van der Waals surface area (Å²) in [6.07, 6.45) is 2.08. The predicted molar refractivity (Wildman–Crippen MR) is 93.9 cm³/mol. The van der Waals surface area contributed by atoms with E-state index >= 15 is 0 Å². The third kappa shape index (κ3) is 3.29. The molecule has 2 aliphatic heterocycles. The Kier molecular flexibility index (Phi) is 4.23. The van der Waals surface area contributed by atoms with Gasteiger partial charge in [-0.3, -0.25) is 4.90 Å². The number of nitriles is 1. The second-order valence-corrected chi connectivity index (χ2v) is 7.43. The zero-order valence-electron chi connectivity index (χ0n) is 13.4. The molecule has 5 nitrogen and oxygen atoms in total. The van der Waals surface area contributed by atoms with E-state index in [1.54, 1.807) is 17.4 Å². The largest absolute Gasteiger partial charge is 0.371 e. The van der Waals surface area contributed by atoms with Crippen molar-refractivity contribution in [2.24, 2.45) is 0 Å². The Hall–Kier alpha value is -1.94. The van der Waals surface area contributed by atoms with Crippen LogP contribution in [0, 0.1) is 11.3 Å². The number of hydrogen-bond acceptors (Lipinski definition) is 6. The molecule has 2 aliphatic rings. The number of ether oxygens (including phenoxy) is 1. The fourth-order valence-electron chi connectivity index (χ4n) is 3.71. The van der Waals surface area contributed by atoms with Crippen molar-refractivity contribution in [1.82, 2.24) is 9.88 Å². The number of anilines is 1. The van der Waals surface area contributed by atoms with Gasteiger partial charge in [-0.2, -0.15) is 16.6 Å². The van der Waals surface area contributed by atoms with Crippen LogP contribution >= 0.6 is 11.3 Å². The normalized spacial score (nSPS) is 26.7. The van der Waals surface area contributed by atoms with Gasteiger partial charge in [0.05, 0.1) is 18.2 Å². The first-order chi connectivity index (χ1) is 11.7. The molecule has 1 N–H and O–H groups in total. The number of hydrogen-bond donors (Lipinski definition) is 1. The number of nitrogens with zero attached hydrogens (tertiary/aromatic N) is 3. The molecule has 6 heteroatoms. The molecule has 124 valence electrons. The average molecular weight is 340 g/mol. The SMILES string of the molecule is N#Cc1cccc(N[C@H]2CO[C@@]3(CCN(Cc4ccsc4)C3)C2)n1. The Morgan fingerprint density at radius 1 is 1.46 bits per heavy atom. The van der Waals surface area contributed by atoms with E-state index in [0.29, 0.717) is 12.3 Å². The molecule has 4 heterocycles. The van der Waals surface area contributed by atoms with Gasteiger partial charge in [-0.05, 0) is 40.9 Å². The smallest absolute Gasteiger partial charge is 0.142 e. The van der Waals surface area contributed by atoms with Crippen LogP contribution in [0.4, 0.5) is 5.82 Å². The molecule has 0 radical (unpaired) electrons. The molecule has 2 aromatic rings. The van der Waals surface area contributed by atoms with Crippen molar-refractivity contribution >= 4 is 17.2 Å². The fraction of sp³-hybridized carbons (Fsp3) is 0.444. The molecule has 2 fully saturated rings. The van der Waals surface area contributed by atoms with Crippen LogP contribution in [0.2, 0.25) is 0 Å². The molecule has 2 aromatic heterocycles. The van der Waals surface area contributed by atoms with Crippen LogP contribution in [0.15, 0.2) is 35.0 Å². The van der Waals surface area contributed by atoms with E-state index in [2.05, 4.69) is 38.1 Å². The quantitative estimate of drug-likeness (QED) is 0.927. The monoisotopic (exact) mass is 340 g/mol. The van der Waals surface area contributed by atoms with Gasteiger partial charge < -0.3 is 10.1 Å². The van der Waals surface area contributed by atoms with E-state index in [0.717, 1.165) is 38.3 Å². The number of aromatic nitrogens is 1. The van der Waals surface area contributed by atoms with Gasteiger partial charge in [-0.25, -0.2) is 4.98 Å². The molecule has 2 atom stereocenters. The third-order valence-corrected chi connectivity index (χ3v) is 5.54. The van der Waals surface area contributed by atoms with Crippen molar-refractivity contribution in [1.29, 1.82) is 5.26 Å². The van der Waals surface area contributed by atoms with Gasteiger partial charge in [-0.1, -0.05) is 6.07 Å². The van der Waals surface area contributed by atoms with Crippen molar-refractivity contribution in [3.05, 3.63) is 46.3 Å². The lowest BCUT2D eigenvalue weighted by Crippen LogP contribution is -2.33. The maximum atomic E-state index is 8.96. The summed E-state index contributed by atoms with van der Waals surface area (Å²) >= 11 is 1.75. The number of likely N-dealkylation sites (tertiary alicyclic amines) is 1. The molecule has 24 heavy (non-hydrogen) atoms. The lowest BCUT2D eigenvalue weighted by molar-refractivity contribution is 0.0120. The van der Waals surface area contributed by atoms with Crippen LogP contribution in [0.25, 0.3) is 0 Å². The Morgan fingerprint density at radius 2 is 2.42 bits per heavy atom. The minimum Gasteiger partial charge on any atom is -0.371 e. The molecule has 0 saturated carbocycles. The van der Waals surface area contributed by atoms with E-state index in [9.17, 15) is 0 Å². The number of thiophene rings is 1. The molecule has 0 bridgehead atoms. The summed E-state index contributed by atoms with van der Waals surface area (Å²) in [5, 5.41) is 16.7. The Morgan fingerprint density at radius 3 is 3.25 bits per heavy atom. The van der Waals surface area contributed by atoms with Gasteiger partial charge in [0, 0.05) is 26.1 Å². The first-order valence-corrected chi connectivity index (χ1v) is 9.20. The summed E-state index contributed by atoms with van der Waals surface area (Å²) in [5.74, 6) is 0.757. The molecule has 2 saturated heterocycles. The van der Waals surface area contributed by atoms with Crippen LogP contribution in [-0.4, -0.2) is 41.2 Å². The third-order valence-electron chi connectivity index (χ3n) is 4.81. The van der Waals surface area contributed by atoms with Crippen LogP contribution in [0.1, 0.15) is 24.1 Å². The second kappa shape index (κ2) is 6.52. The summed E-state index contributed by atoms with van der Waals surface area (Å²) in [6, 6.07) is 10.0. The first-order valence-electron chi connectivity index (χ1n) is 8.26. The molecule has 0 aliphatic carbocycles. The number of nitrogens with one attached hydrogen (secondary N) is 1. The number of rotatable bonds is 4. The van der Waals surface area contributed by atoms with Crippen molar-refractivity contribution in [2.75, 3.05) is 25.0 Å². The summed E-state index contributed by atoms with van der Waals surface area (Å²) in [6.45, 7) is 3.79. The van der Waals surface area contributed by atoms with Crippen LogP contribution in [-0.2, 0) is 11.3 Å². The summed E-state index contributed by atoms with van der Waals surface area (Å²) in [5.41, 5.74) is 1.80. The highest BCUT2D eigenvalue weighted by Gasteiger charge is 2.45. The Labute approximate surface area is 145 Å². The molecule has 0 unspecified atom stereocenters. The lowest BCUT2D eigenvalue weighted by atomic mass is 9.97. The summed E-state index contributed by atoms with van der Waals surface area (Å²) in [4.78, 5) is 6.78. The Balaban J connectivity index is 1.35. The van der Waals surface area contributed by atoms with Gasteiger partial charge >= 0.3 is 0 Å². The topological polar surface area (TPSA) is 61.2 Å². The molecule has 0 amide bonds. The van der Waals surface area contributed by atoms with Crippen molar-refractivity contribution in [3.63, 3.8) is 0 Å². The fourth-order valence-corrected chi connectivity index (χ4v) is 4.37. The number of pyridine rings is 1. The van der Waals surface area contributed by atoms with Gasteiger partial charge in [0.15, 0.2) is 0 Å². The van der Waals surface area contributed by atoms with Crippen LogP contribution in [0.3, 0.4) is 0 Å². The minimum absolute atomic E-state index is 0.0273. The van der Waals surface area contributed by atoms with Crippen molar-refractivity contribution in [2.45, 2.75) is 31.0 Å². The van der Waals surface area contributed by atoms with Gasteiger partial charge in [0.1, 0.15) is 17.6 Å². The van der Waals surface area contributed by atoms with E-state index in [1.165, 1.54) is 5.56 Å². The van der Waals surface area contributed by atoms with Gasteiger partial charge in [0.25, 0.3) is 0 Å². The maximum Gasteiger partial charge on any atom is 0.142 e. The maximum absolute atomic E-state index is 8.96. The predicted octanol–water partition coefficient (Wildman–Crippen LogP) is 2.86. The van der Waals surface area contributed by atoms with Gasteiger partial charge in [0.2, 0.25) is 0 Å². The summed E-state index contributed by atoms with van der Waals surface area (Å²) < 4.78 is 6.20. The van der Waals surface area contributed by atoms with E-state index in [1.807, 2.05) is 12.1 Å². The van der Waals surface area contributed by atoms with Crippen molar-refractivity contribution < 1.29 is 4.74 Å². The zero-order chi connectivity index (χ0) is 16.4. The second-order valence-electron chi connectivity index (χ2n) is 6.65. The molecule has 1 spiro atoms. The molecular weight excluding hydrogens is 320 g/mol. The average Bonchev–Trinajstić information content (AvgIpc) is 3.32. The standard InChI is InChI=1S/C18H20N4OS/c19-9-15-2-1-3-17(20-15)21-16-8-18(23-11-16)5-6-22(13-18)10-14-4-7-24-12-14/h1-4,7,12,16H,5-6,8,10-11,13H2,(H,20,21)/t16-,18+/m1/s1.